The van der Waals surface area contributed by atoms with Gasteiger partial charge in [-0.3, -0.25) is 4.79 Å². The molecule has 1 aromatic rings. The van der Waals surface area contributed by atoms with Crippen molar-refractivity contribution >= 4 is 25.6 Å². The Labute approximate surface area is 117 Å². The Morgan fingerprint density at radius 1 is 1.42 bits per heavy atom. The zero-order valence-corrected chi connectivity index (χ0v) is 12.2. The van der Waals surface area contributed by atoms with Crippen molar-refractivity contribution in [1.29, 1.82) is 0 Å². The van der Waals surface area contributed by atoms with E-state index in [1.807, 2.05) is 6.92 Å². The van der Waals surface area contributed by atoms with Crippen LogP contribution in [0.15, 0.2) is 23.1 Å². The van der Waals surface area contributed by atoms with Gasteiger partial charge in [0.1, 0.15) is 0 Å². The lowest BCUT2D eigenvalue weighted by Crippen LogP contribution is -2.26. The molecule has 1 amide bonds. The molecular formula is C13H16ClNO3S. The first-order valence-corrected chi connectivity index (χ1v) is 8.58. The van der Waals surface area contributed by atoms with Crippen LogP contribution >= 0.6 is 10.7 Å². The summed E-state index contributed by atoms with van der Waals surface area (Å²) in [6, 6.07) is 4.42. The van der Waals surface area contributed by atoms with Crippen LogP contribution in [0.1, 0.15) is 35.7 Å². The number of hydrogen-bond acceptors (Lipinski definition) is 3. The zero-order chi connectivity index (χ0) is 14.0. The SMILES string of the molecule is CCc1ccc(S(=O)(=O)Cl)cc1C(=O)NCC1CC1. The van der Waals surface area contributed by atoms with Crippen molar-refractivity contribution in [3.63, 3.8) is 0 Å². The molecule has 19 heavy (non-hydrogen) atoms. The van der Waals surface area contributed by atoms with Gasteiger partial charge in [-0.05, 0) is 42.9 Å². The van der Waals surface area contributed by atoms with Crippen molar-refractivity contribution in [1.82, 2.24) is 5.32 Å². The van der Waals surface area contributed by atoms with E-state index in [-0.39, 0.29) is 10.8 Å². The van der Waals surface area contributed by atoms with Crippen molar-refractivity contribution in [2.45, 2.75) is 31.1 Å². The lowest BCUT2D eigenvalue weighted by molar-refractivity contribution is 0.0950. The predicted molar refractivity (Wildman–Crippen MR) is 73.9 cm³/mol. The Bertz CT molecular complexity index is 594. The van der Waals surface area contributed by atoms with Gasteiger partial charge in [0.2, 0.25) is 0 Å². The molecule has 1 N–H and O–H groups in total. The molecule has 1 aliphatic rings. The average molecular weight is 302 g/mol. The largest absolute Gasteiger partial charge is 0.352 e. The van der Waals surface area contributed by atoms with E-state index in [1.54, 1.807) is 6.07 Å². The highest BCUT2D eigenvalue weighted by atomic mass is 35.7. The summed E-state index contributed by atoms with van der Waals surface area (Å²) in [5, 5.41) is 2.84. The van der Waals surface area contributed by atoms with E-state index >= 15 is 0 Å². The highest BCUT2D eigenvalue weighted by Gasteiger charge is 2.23. The maximum absolute atomic E-state index is 12.1. The summed E-state index contributed by atoms with van der Waals surface area (Å²) in [5.41, 5.74) is 1.21. The molecule has 1 aromatic carbocycles. The van der Waals surface area contributed by atoms with Crippen molar-refractivity contribution in [3.05, 3.63) is 29.3 Å². The molecule has 0 radical (unpaired) electrons. The monoisotopic (exact) mass is 301 g/mol. The standard InChI is InChI=1S/C13H16ClNO3S/c1-2-10-5-6-11(19(14,17)18)7-12(10)13(16)15-8-9-3-4-9/h5-7,9H,2-4,8H2,1H3,(H,15,16). The van der Waals surface area contributed by atoms with Gasteiger partial charge in [-0.1, -0.05) is 13.0 Å². The molecule has 0 bridgehead atoms. The Balaban J connectivity index is 2.26. The number of aryl methyl sites for hydroxylation is 1. The van der Waals surface area contributed by atoms with Crippen LogP contribution in [0.4, 0.5) is 0 Å². The van der Waals surface area contributed by atoms with Crippen LogP contribution in [0, 0.1) is 5.92 Å². The van der Waals surface area contributed by atoms with Crippen LogP contribution in [0.2, 0.25) is 0 Å². The molecule has 0 spiro atoms. The molecule has 2 rings (SSSR count). The molecule has 0 unspecified atom stereocenters. The van der Waals surface area contributed by atoms with Gasteiger partial charge in [-0.2, -0.15) is 0 Å². The van der Waals surface area contributed by atoms with E-state index in [0.717, 1.165) is 18.4 Å². The molecule has 0 heterocycles. The Hall–Kier alpha value is -1.07. The minimum absolute atomic E-state index is 0.0389. The molecule has 0 saturated heterocycles. The molecular weight excluding hydrogens is 286 g/mol. The van der Waals surface area contributed by atoms with Gasteiger partial charge in [0, 0.05) is 22.8 Å². The number of nitrogens with one attached hydrogen (secondary N) is 1. The highest BCUT2D eigenvalue weighted by Crippen LogP contribution is 2.28. The van der Waals surface area contributed by atoms with Crippen molar-refractivity contribution in [3.8, 4) is 0 Å². The van der Waals surface area contributed by atoms with Gasteiger partial charge < -0.3 is 5.32 Å². The summed E-state index contributed by atoms with van der Waals surface area (Å²) in [6.07, 6.45) is 2.96. The maximum atomic E-state index is 12.1. The number of amides is 1. The van der Waals surface area contributed by atoms with E-state index in [1.165, 1.54) is 12.1 Å². The average Bonchev–Trinajstić information content (AvgIpc) is 3.18. The topological polar surface area (TPSA) is 63.2 Å². The maximum Gasteiger partial charge on any atom is 0.261 e. The summed E-state index contributed by atoms with van der Waals surface area (Å²) in [5.74, 6) is 0.347. The van der Waals surface area contributed by atoms with E-state index in [9.17, 15) is 13.2 Å². The summed E-state index contributed by atoms with van der Waals surface area (Å²) >= 11 is 0. The number of rotatable bonds is 5. The lowest BCUT2D eigenvalue weighted by Gasteiger charge is -2.10. The molecule has 1 aliphatic carbocycles. The van der Waals surface area contributed by atoms with Gasteiger partial charge in [0.05, 0.1) is 4.90 Å². The second-order valence-electron chi connectivity index (χ2n) is 4.76. The fraction of sp³-hybridized carbons (Fsp3) is 0.462. The summed E-state index contributed by atoms with van der Waals surface area (Å²) in [6.45, 7) is 2.57. The number of carbonyl (C=O) groups is 1. The quantitative estimate of drug-likeness (QED) is 0.849. The number of benzene rings is 1. The molecule has 6 heteroatoms. The predicted octanol–water partition coefficient (Wildman–Crippen LogP) is 2.32. The van der Waals surface area contributed by atoms with Crippen LogP contribution in [0.25, 0.3) is 0 Å². The van der Waals surface area contributed by atoms with Crippen molar-refractivity contribution < 1.29 is 13.2 Å². The van der Waals surface area contributed by atoms with Crippen LogP contribution in [0.5, 0.6) is 0 Å². The first kappa shape index (κ1) is 14.3. The normalized spacial score (nSPS) is 15.3. The fourth-order valence-electron chi connectivity index (χ4n) is 1.88. The first-order chi connectivity index (χ1) is 8.91. The number of carbonyl (C=O) groups excluding carboxylic acids is 1. The van der Waals surface area contributed by atoms with Gasteiger partial charge in [0.15, 0.2) is 0 Å². The van der Waals surface area contributed by atoms with E-state index < -0.39 is 9.05 Å². The molecule has 1 saturated carbocycles. The Morgan fingerprint density at radius 2 is 2.11 bits per heavy atom. The Morgan fingerprint density at radius 3 is 2.63 bits per heavy atom. The first-order valence-electron chi connectivity index (χ1n) is 6.27. The molecule has 4 nitrogen and oxygen atoms in total. The molecule has 0 atom stereocenters. The minimum atomic E-state index is -3.81. The van der Waals surface area contributed by atoms with E-state index in [4.69, 9.17) is 10.7 Å². The summed E-state index contributed by atoms with van der Waals surface area (Å²) in [4.78, 5) is 12.0. The highest BCUT2D eigenvalue weighted by molar-refractivity contribution is 8.13. The van der Waals surface area contributed by atoms with E-state index in [0.29, 0.717) is 24.4 Å². The van der Waals surface area contributed by atoms with Crippen molar-refractivity contribution in [2.75, 3.05) is 6.54 Å². The lowest BCUT2D eigenvalue weighted by atomic mass is 10.0. The fourth-order valence-corrected chi connectivity index (χ4v) is 2.66. The summed E-state index contributed by atoms with van der Waals surface area (Å²) < 4.78 is 22.6. The molecule has 104 valence electrons. The summed E-state index contributed by atoms with van der Waals surface area (Å²) in [7, 11) is 1.50. The van der Waals surface area contributed by atoms with Crippen molar-refractivity contribution in [2.24, 2.45) is 5.92 Å². The number of halogens is 1. The van der Waals surface area contributed by atoms with Crippen LogP contribution < -0.4 is 5.32 Å². The second kappa shape index (κ2) is 5.51. The van der Waals surface area contributed by atoms with Gasteiger partial charge >= 0.3 is 0 Å². The Kier molecular flexibility index (Phi) is 4.16. The third-order valence-electron chi connectivity index (χ3n) is 3.24. The zero-order valence-electron chi connectivity index (χ0n) is 10.6. The molecule has 1 fully saturated rings. The minimum Gasteiger partial charge on any atom is -0.352 e. The van der Waals surface area contributed by atoms with Gasteiger partial charge in [-0.15, -0.1) is 0 Å². The third kappa shape index (κ3) is 3.70. The van der Waals surface area contributed by atoms with Crippen LogP contribution in [-0.2, 0) is 15.5 Å². The van der Waals surface area contributed by atoms with E-state index in [2.05, 4.69) is 5.32 Å². The number of hydrogen-bond donors (Lipinski definition) is 1. The van der Waals surface area contributed by atoms with Crippen LogP contribution in [-0.4, -0.2) is 20.9 Å². The van der Waals surface area contributed by atoms with Gasteiger partial charge in [-0.25, -0.2) is 8.42 Å². The molecule has 0 aromatic heterocycles. The van der Waals surface area contributed by atoms with Crippen LogP contribution in [0.3, 0.4) is 0 Å². The molecule has 0 aliphatic heterocycles. The smallest absolute Gasteiger partial charge is 0.261 e. The second-order valence-corrected chi connectivity index (χ2v) is 7.33. The van der Waals surface area contributed by atoms with Gasteiger partial charge in [0.25, 0.3) is 15.0 Å². The third-order valence-corrected chi connectivity index (χ3v) is 4.59.